The van der Waals surface area contributed by atoms with E-state index >= 15 is 0 Å². The van der Waals surface area contributed by atoms with Crippen molar-refractivity contribution in [2.45, 2.75) is 83.7 Å². The summed E-state index contributed by atoms with van der Waals surface area (Å²) < 4.78 is 0. The predicted octanol–water partition coefficient (Wildman–Crippen LogP) is 6.20. The fourth-order valence-electron chi connectivity index (χ4n) is 8.21. The van der Waals surface area contributed by atoms with Crippen molar-refractivity contribution in [3.05, 3.63) is 35.9 Å². The molecule has 0 amide bonds. The second kappa shape index (κ2) is 6.63. The second-order valence-electron chi connectivity index (χ2n) is 10.9. The Morgan fingerprint density at radius 3 is 2.46 bits per heavy atom. The standard InChI is InChI=1S/C27H36O/c1-25-16-7-6-10-21(25)11-12-22-23(25)14-17-26(2)24(22)15-19-27(26,28)18-13-20-8-4-3-5-9-20/h3-5,8-9,21-24,28H,6-7,10-12,14-17,19H2,1-2H3/t21-,22+,23-,24-,25-,26-,27+/m0/s1. The van der Waals surface area contributed by atoms with Crippen molar-refractivity contribution in [1.82, 2.24) is 0 Å². The van der Waals surface area contributed by atoms with Crippen LogP contribution in [0.3, 0.4) is 0 Å². The van der Waals surface area contributed by atoms with Crippen LogP contribution in [0.5, 0.6) is 0 Å². The molecule has 0 spiro atoms. The highest BCUT2D eigenvalue weighted by Crippen LogP contribution is 2.68. The minimum absolute atomic E-state index is 0.0339. The molecule has 0 aliphatic heterocycles. The number of aliphatic hydroxyl groups is 1. The van der Waals surface area contributed by atoms with Crippen LogP contribution in [0, 0.1) is 46.3 Å². The predicted molar refractivity (Wildman–Crippen MR) is 115 cm³/mol. The van der Waals surface area contributed by atoms with Crippen LogP contribution in [-0.4, -0.2) is 10.7 Å². The van der Waals surface area contributed by atoms with Crippen molar-refractivity contribution < 1.29 is 5.11 Å². The number of hydrogen-bond acceptors (Lipinski definition) is 1. The molecule has 4 fully saturated rings. The first-order chi connectivity index (χ1) is 13.5. The smallest absolute Gasteiger partial charge is 0.131 e. The van der Waals surface area contributed by atoms with Crippen LogP contribution in [0.4, 0.5) is 0 Å². The van der Waals surface area contributed by atoms with Gasteiger partial charge in [0.1, 0.15) is 5.60 Å². The zero-order chi connectivity index (χ0) is 19.4. The maximum atomic E-state index is 11.7. The van der Waals surface area contributed by atoms with E-state index in [0.717, 1.165) is 36.2 Å². The Kier molecular flexibility index (Phi) is 4.44. The summed E-state index contributed by atoms with van der Waals surface area (Å²) in [6.45, 7) is 5.00. The summed E-state index contributed by atoms with van der Waals surface area (Å²) in [5.41, 5.74) is 0.738. The number of fused-ring (bicyclic) bond motifs is 5. The van der Waals surface area contributed by atoms with Crippen molar-refractivity contribution >= 4 is 0 Å². The summed E-state index contributed by atoms with van der Waals surface area (Å²) in [5, 5.41) is 11.7. The lowest BCUT2D eigenvalue weighted by molar-refractivity contribution is -0.134. The molecule has 28 heavy (non-hydrogen) atoms. The van der Waals surface area contributed by atoms with Crippen LogP contribution in [-0.2, 0) is 0 Å². The molecule has 0 aromatic heterocycles. The monoisotopic (exact) mass is 376 g/mol. The fourth-order valence-corrected chi connectivity index (χ4v) is 8.21. The lowest BCUT2D eigenvalue weighted by atomic mass is 9.44. The number of hydrogen-bond donors (Lipinski definition) is 1. The topological polar surface area (TPSA) is 20.2 Å². The first kappa shape index (κ1) is 18.7. The van der Waals surface area contributed by atoms with E-state index < -0.39 is 5.60 Å². The molecule has 1 N–H and O–H groups in total. The van der Waals surface area contributed by atoms with E-state index in [9.17, 15) is 5.11 Å². The summed E-state index contributed by atoms with van der Waals surface area (Å²) >= 11 is 0. The van der Waals surface area contributed by atoms with Crippen LogP contribution < -0.4 is 0 Å². The third kappa shape index (κ3) is 2.64. The van der Waals surface area contributed by atoms with Gasteiger partial charge in [0.25, 0.3) is 0 Å². The quantitative estimate of drug-likeness (QED) is 0.534. The van der Waals surface area contributed by atoms with Gasteiger partial charge in [-0.05, 0) is 92.6 Å². The average molecular weight is 377 g/mol. The van der Waals surface area contributed by atoms with Crippen molar-refractivity contribution in [2.24, 2.45) is 34.5 Å². The molecule has 0 radical (unpaired) electrons. The number of benzene rings is 1. The normalized spacial score (nSPS) is 47.2. The Bertz CT molecular complexity index is 787. The van der Waals surface area contributed by atoms with E-state index in [1.165, 1.54) is 51.4 Å². The van der Waals surface area contributed by atoms with Gasteiger partial charge in [-0.15, -0.1) is 0 Å². The van der Waals surface area contributed by atoms with E-state index in [2.05, 4.69) is 25.7 Å². The highest BCUT2D eigenvalue weighted by Gasteiger charge is 2.64. The Morgan fingerprint density at radius 1 is 0.857 bits per heavy atom. The average Bonchev–Trinajstić information content (AvgIpc) is 2.98. The zero-order valence-electron chi connectivity index (χ0n) is 17.7. The summed E-state index contributed by atoms with van der Waals surface area (Å²) in [6, 6.07) is 10.2. The minimum Gasteiger partial charge on any atom is -0.377 e. The van der Waals surface area contributed by atoms with Gasteiger partial charge in [-0.3, -0.25) is 0 Å². The molecule has 0 bridgehead atoms. The van der Waals surface area contributed by atoms with Crippen LogP contribution in [0.2, 0.25) is 0 Å². The van der Waals surface area contributed by atoms with Crippen molar-refractivity contribution in [2.75, 3.05) is 0 Å². The third-order valence-corrected chi connectivity index (χ3v) is 9.92. The van der Waals surface area contributed by atoms with Gasteiger partial charge in [-0.25, -0.2) is 0 Å². The van der Waals surface area contributed by atoms with Gasteiger partial charge >= 0.3 is 0 Å². The largest absolute Gasteiger partial charge is 0.377 e. The molecule has 150 valence electrons. The maximum absolute atomic E-state index is 11.7. The Labute approximate surface area is 171 Å². The highest BCUT2D eigenvalue weighted by atomic mass is 16.3. The molecule has 4 aliphatic rings. The summed E-state index contributed by atoms with van der Waals surface area (Å²) in [4.78, 5) is 0. The first-order valence-electron chi connectivity index (χ1n) is 11.8. The number of rotatable bonds is 0. The molecule has 4 aliphatic carbocycles. The van der Waals surface area contributed by atoms with E-state index in [0.29, 0.717) is 11.3 Å². The molecule has 7 atom stereocenters. The molecule has 0 unspecified atom stereocenters. The fraction of sp³-hybridized carbons (Fsp3) is 0.704. The van der Waals surface area contributed by atoms with Crippen molar-refractivity contribution in [1.29, 1.82) is 0 Å². The molecule has 1 aromatic rings. The summed E-state index contributed by atoms with van der Waals surface area (Å²) in [7, 11) is 0. The van der Waals surface area contributed by atoms with Gasteiger partial charge in [0.15, 0.2) is 0 Å². The molecule has 1 heteroatoms. The zero-order valence-corrected chi connectivity index (χ0v) is 17.7. The van der Waals surface area contributed by atoms with Crippen LogP contribution >= 0.6 is 0 Å². The third-order valence-electron chi connectivity index (χ3n) is 9.92. The van der Waals surface area contributed by atoms with Crippen molar-refractivity contribution in [3.63, 3.8) is 0 Å². The van der Waals surface area contributed by atoms with Crippen LogP contribution in [0.1, 0.15) is 83.6 Å². The van der Waals surface area contributed by atoms with Gasteiger partial charge < -0.3 is 5.11 Å². The first-order valence-corrected chi connectivity index (χ1v) is 11.8. The Morgan fingerprint density at radius 2 is 1.64 bits per heavy atom. The Balaban J connectivity index is 1.43. The van der Waals surface area contributed by atoms with Gasteiger partial charge in [0.05, 0.1) is 0 Å². The van der Waals surface area contributed by atoms with Gasteiger partial charge in [0.2, 0.25) is 0 Å². The second-order valence-corrected chi connectivity index (χ2v) is 10.9. The summed E-state index contributed by atoms with van der Waals surface area (Å²) in [5.74, 6) is 10.0. The van der Waals surface area contributed by atoms with Crippen LogP contribution in [0.15, 0.2) is 30.3 Å². The van der Waals surface area contributed by atoms with Crippen LogP contribution in [0.25, 0.3) is 0 Å². The van der Waals surface area contributed by atoms with E-state index in [-0.39, 0.29) is 5.41 Å². The van der Waals surface area contributed by atoms with Gasteiger partial charge in [-0.2, -0.15) is 0 Å². The minimum atomic E-state index is -0.817. The molecule has 4 saturated carbocycles. The molecule has 0 heterocycles. The van der Waals surface area contributed by atoms with E-state index in [1.54, 1.807) is 0 Å². The lowest BCUT2D eigenvalue weighted by Crippen LogP contribution is -2.55. The molecule has 5 rings (SSSR count). The van der Waals surface area contributed by atoms with E-state index in [4.69, 9.17) is 0 Å². The maximum Gasteiger partial charge on any atom is 0.131 e. The van der Waals surface area contributed by atoms with E-state index in [1.807, 2.05) is 30.3 Å². The highest BCUT2D eigenvalue weighted by molar-refractivity contribution is 5.38. The van der Waals surface area contributed by atoms with Gasteiger partial charge in [0, 0.05) is 11.0 Å². The van der Waals surface area contributed by atoms with Gasteiger partial charge in [-0.1, -0.05) is 56.7 Å². The lowest BCUT2D eigenvalue weighted by Gasteiger charge is -2.60. The summed E-state index contributed by atoms with van der Waals surface area (Å²) in [6.07, 6.45) is 13.1. The molecular weight excluding hydrogens is 340 g/mol. The SMILES string of the molecule is C[C@]12CCCC[C@H]1CC[C@@H]1[C@@H]2CC[C@@]2(C)[C@H]1CC[C@]2(O)C#Cc1ccccc1. The molecule has 1 nitrogen and oxygen atoms in total. The Hall–Kier alpha value is -1.26. The van der Waals surface area contributed by atoms with Crippen molar-refractivity contribution in [3.8, 4) is 11.8 Å². The molecule has 1 aromatic carbocycles. The molecular formula is C27H36O. The molecule has 0 saturated heterocycles.